The Morgan fingerprint density at radius 1 is 0.880 bits per heavy atom. The van der Waals surface area contributed by atoms with Gasteiger partial charge >= 0.3 is 0 Å². The molecule has 8 rings (SSSR count). The van der Waals surface area contributed by atoms with Crippen LogP contribution in [0.5, 0.6) is 17.2 Å². The number of carbonyl (C=O) groups excluding carboxylic acids is 4. The van der Waals surface area contributed by atoms with E-state index in [2.05, 4.69) is 32.3 Å². The second kappa shape index (κ2) is 24.7. The van der Waals surface area contributed by atoms with Crippen LogP contribution >= 0.6 is 22.7 Å². The normalized spacial score (nSPS) is 17.3. The lowest BCUT2D eigenvalue weighted by Gasteiger charge is -2.35. The fourth-order valence-electron chi connectivity index (χ4n) is 10.3. The molecule has 2 fully saturated rings. The van der Waals surface area contributed by atoms with E-state index >= 15 is 0 Å². The summed E-state index contributed by atoms with van der Waals surface area (Å²) in [6.45, 7) is 17.7. The number of likely N-dealkylation sites (N-methyl/N-ethyl adjacent to an activating group) is 1. The quantitative estimate of drug-likeness (QED) is 0.0433. The molecule has 0 aliphatic carbocycles. The van der Waals surface area contributed by atoms with E-state index in [1.807, 2.05) is 76.5 Å². The lowest BCUT2D eigenvalue weighted by molar-refractivity contribution is -0.144. The van der Waals surface area contributed by atoms with E-state index in [4.69, 9.17) is 4.74 Å². The number of carbonyl (C=O) groups is 4. The molecule has 3 amide bonds. The Kier molecular flexibility index (Phi) is 18.1. The number of nitrogens with one attached hydrogen (secondary N) is 2. The van der Waals surface area contributed by atoms with E-state index in [-0.39, 0.29) is 60.4 Å². The van der Waals surface area contributed by atoms with Crippen LogP contribution in [0.1, 0.15) is 106 Å². The third kappa shape index (κ3) is 13.8. The molecule has 2 aliphatic rings. The number of ketones is 1. The minimum absolute atomic E-state index is 0.0227. The van der Waals surface area contributed by atoms with Crippen molar-refractivity contribution in [2.75, 3.05) is 52.4 Å². The predicted octanol–water partition coefficient (Wildman–Crippen LogP) is 9.60. The van der Waals surface area contributed by atoms with Crippen LogP contribution < -0.4 is 15.4 Å². The number of aliphatic hydroxyl groups is 1. The van der Waals surface area contributed by atoms with Crippen LogP contribution in [0.2, 0.25) is 0 Å². The van der Waals surface area contributed by atoms with Gasteiger partial charge in [-0.1, -0.05) is 52.0 Å². The molecule has 14 nitrogen and oxygen atoms in total. The summed E-state index contributed by atoms with van der Waals surface area (Å²) in [4.78, 5) is 68.0. The van der Waals surface area contributed by atoms with Gasteiger partial charge in [0, 0.05) is 52.0 Å². The summed E-state index contributed by atoms with van der Waals surface area (Å²) in [5.74, 6) is 0.564. The first-order chi connectivity index (χ1) is 35.9. The highest BCUT2D eigenvalue weighted by Crippen LogP contribution is 2.42. The Bertz CT molecular complexity index is 2910. The standard InChI is InChI=1S/C59H72N6O8S2/c1-7-63(31-32-73-47-21-16-41(17-22-47)53(70)52-48-23-20-45(67)34-50(48)75-55(52)43-14-18-44(66)19-15-43)28-24-39-25-29-64(30-26-39)27-8-9-51(69)62-56(59(4,5)6)58(72)65-35-46(68)33-49(65)57(71)61-37(2)40-10-12-42(13-11-40)54-38(3)60-36-74-54/h10-23,34,36-37,39,46,49,56,66-68H,7-9,24-33,35H2,1-6H3,(H,61,71)(H,62,69)/t37-,46+,49-,56?/m0/s1. The average molecular weight is 1060 g/mol. The Hall–Kier alpha value is -6.17. The summed E-state index contributed by atoms with van der Waals surface area (Å²) in [5.41, 5.74) is 6.05. The molecule has 75 heavy (non-hydrogen) atoms. The summed E-state index contributed by atoms with van der Waals surface area (Å²) in [6, 6.07) is 25.0. The van der Waals surface area contributed by atoms with Crippen molar-refractivity contribution in [2.45, 2.75) is 104 Å². The van der Waals surface area contributed by atoms with Gasteiger partial charge in [-0.25, -0.2) is 4.98 Å². The van der Waals surface area contributed by atoms with Crippen LogP contribution in [0, 0.1) is 18.3 Å². The van der Waals surface area contributed by atoms with Gasteiger partial charge in [-0.05, 0) is 167 Å². The highest BCUT2D eigenvalue weighted by atomic mass is 32.1. The number of hydrogen-bond acceptors (Lipinski definition) is 13. The van der Waals surface area contributed by atoms with Crippen molar-refractivity contribution in [2.24, 2.45) is 11.3 Å². The number of ether oxygens (including phenoxy) is 1. The van der Waals surface area contributed by atoms with Crippen LogP contribution in [0.25, 0.3) is 31.0 Å². The average Bonchev–Trinajstić information content (AvgIpc) is 4.13. The topological polar surface area (TPSA) is 185 Å². The fourth-order valence-corrected chi connectivity index (χ4v) is 12.3. The number of fused-ring (bicyclic) bond motifs is 1. The molecule has 5 N–H and O–H groups in total. The van der Waals surface area contributed by atoms with Gasteiger partial charge in [-0.15, -0.1) is 22.7 Å². The monoisotopic (exact) mass is 1060 g/mol. The number of aromatic hydroxyl groups is 2. The molecular formula is C59H72N6O8S2. The number of phenolic OH excluding ortho intramolecular Hbond substituents is 2. The smallest absolute Gasteiger partial charge is 0.246 e. The molecule has 2 aromatic heterocycles. The number of phenols is 2. The van der Waals surface area contributed by atoms with Gasteiger partial charge in [-0.3, -0.25) is 19.2 Å². The van der Waals surface area contributed by atoms with Gasteiger partial charge in [0.25, 0.3) is 0 Å². The number of thiazole rings is 1. The highest BCUT2D eigenvalue weighted by Gasteiger charge is 2.44. The van der Waals surface area contributed by atoms with E-state index in [1.54, 1.807) is 65.9 Å². The second-order valence-electron chi connectivity index (χ2n) is 21.2. The molecule has 6 aromatic rings. The number of β-amino-alcohol motifs (C(OH)–C–C–N with tert-alkyl or cyclic N) is 1. The highest BCUT2D eigenvalue weighted by molar-refractivity contribution is 7.22. The predicted molar refractivity (Wildman–Crippen MR) is 297 cm³/mol. The number of likely N-dealkylation sites (tertiary alicyclic amines) is 2. The first kappa shape index (κ1) is 55.1. The number of amides is 3. The number of thiophene rings is 1. The fraction of sp³-hybridized carbons (Fsp3) is 0.441. The number of aryl methyl sites for hydroxylation is 1. The summed E-state index contributed by atoms with van der Waals surface area (Å²) in [7, 11) is 0. The largest absolute Gasteiger partial charge is 0.508 e. The number of nitrogens with zero attached hydrogens (tertiary/aromatic N) is 4. The van der Waals surface area contributed by atoms with E-state index in [9.17, 15) is 34.5 Å². The van der Waals surface area contributed by atoms with Gasteiger partial charge in [0.2, 0.25) is 17.7 Å². The number of benzene rings is 4. The van der Waals surface area contributed by atoms with Crippen LogP contribution in [-0.4, -0.2) is 129 Å². The minimum Gasteiger partial charge on any atom is -0.508 e. The third-order valence-corrected chi connectivity index (χ3v) is 16.9. The lowest BCUT2D eigenvalue weighted by Crippen LogP contribution is -2.57. The SMILES string of the molecule is CCN(CCOc1ccc(C(=O)c2c(-c3ccc(O)cc3)sc3cc(O)ccc23)cc1)CCC1CCN(CCCC(=O)NC(C(=O)N2C[C@H](O)C[C@H]2C(=O)N[C@@H](C)c2ccc(-c3scnc3C)cc2)C(C)(C)C)CC1. The number of aliphatic hydroxyl groups excluding tert-OH is 1. The number of aromatic nitrogens is 1. The second-order valence-corrected chi connectivity index (χ2v) is 23.1. The molecule has 16 heteroatoms. The maximum Gasteiger partial charge on any atom is 0.246 e. The molecule has 1 unspecified atom stereocenters. The van der Waals surface area contributed by atoms with Gasteiger partial charge < -0.3 is 45.4 Å². The molecule has 4 aromatic carbocycles. The third-order valence-electron chi connectivity index (χ3n) is 14.8. The molecule has 4 atom stereocenters. The molecular weight excluding hydrogens is 985 g/mol. The maximum absolute atomic E-state index is 14.2. The van der Waals surface area contributed by atoms with Gasteiger partial charge in [0.05, 0.1) is 28.2 Å². The van der Waals surface area contributed by atoms with Gasteiger partial charge in [0.15, 0.2) is 5.78 Å². The van der Waals surface area contributed by atoms with Crippen LogP contribution in [0.3, 0.4) is 0 Å². The van der Waals surface area contributed by atoms with E-state index in [1.165, 1.54) is 16.2 Å². The number of piperidine rings is 1. The lowest BCUT2D eigenvalue weighted by atomic mass is 9.85. The molecule has 0 radical (unpaired) electrons. The van der Waals surface area contributed by atoms with Crippen molar-refractivity contribution in [3.63, 3.8) is 0 Å². The maximum atomic E-state index is 14.2. The van der Waals surface area contributed by atoms with E-state index in [0.717, 1.165) is 101 Å². The van der Waals surface area contributed by atoms with Crippen molar-refractivity contribution >= 4 is 56.3 Å². The molecule has 2 aliphatic heterocycles. The Labute approximate surface area is 448 Å². The van der Waals surface area contributed by atoms with Gasteiger partial charge in [0.1, 0.15) is 35.9 Å². The van der Waals surface area contributed by atoms with E-state index < -0.39 is 23.6 Å². The zero-order valence-corrected chi connectivity index (χ0v) is 45.6. The molecule has 4 heterocycles. The summed E-state index contributed by atoms with van der Waals surface area (Å²) >= 11 is 3.02. The minimum atomic E-state index is -0.870. The Balaban J connectivity index is 0.741. The molecule has 0 saturated carbocycles. The van der Waals surface area contributed by atoms with Crippen molar-refractivity contribution in [3.8, 4) is 38.1 Å². The molecule has 2 saturated heterocycles. The van der Waals surface area contributed by atoms with Crippen LogP contribution in [-0.2, 0) is 14.4 Å². The van der Waals surface area contributed by atoms with Crippen molar-refractivity contribution in [1.29, 1.82) is 0 Å². The Morgan fingerprint density at radius 2 is 1.56 bits per heavy atom. The zero-order chi connectivity index (χ0) is 53.4. The molecule has 398 valence electrons. The first-order valence-electron chi connectivity index (χ1n) is 26.3. The zero-order valence-electron chi connectivity index (χ0n) is 44.0. The number of hydrogen-bond donors (Lipinski definition) is 5. The number of rotatable bonds is 21. The Morgan fingerprint density at radius 3 is 2.23 bits per heavy atom. The van der Waals surface area contributed by atoms with Gasteiger partial charge in [-0.2, -0.15) is 0 Å². The summed E-state index contributed by atoms with van der Waals surface area (Å²) < 4.78 is 6.96. The summed E-state index contributed by atoms with van der Waals surface area (Å²) in [6.07, 6.45) is 3.52. The summed E-state index contributed by atoms with van der Waals surface area (Å²) in [5, 5.41) is 37.6. The first-order valence-corrected chi connectivity index (χ1v) is 28.0. The van der Waals surface area contributed by atoms with Crippen molar-refractivity contribution < 1.29 is 39.2 Å². The van der Waals surface area contributed by atoms with Crippen molar-refractivity contribution in [3.05, 3.63) is 119 Å². The molecule has 0 spiro atoms. The van der Waals surface area contributed by atoms with E-state index in [0.29, 0.717) is 35.8 Å². The molecule has 0 bridgehead atoms. The van der Waals surface area contributed by atoms with Crippen molar-refractivity contribution in [1.82, 2.24) is 30.3 Å². The van der Waals surface area contributed by atoms with Crippen LogP contribution in [0.15, 0.2) is 96.5 Å². The van der Waals surface area contributed by atoms with Crippen LogP contribution in [0.4, 0.5) is 0 Å².